The molecule has 6 heteroatoms. The van der Waals surface area contributed by atoms with E-state index in [1.54, 1.807) is 24.4 Å². The van der Waals surface area contributed by atoms with Gasteiger partial charge in [0.1, 0.15) is 17.4 Å². The number of para-hydroxylation sites is 1. The molecule has 0 radical (unpaired) electrons. The number of rotatable bonds is 9. The first-order valence-corrected chi connectivity index (χ1v) is 9.12. The van der Waals surface area contributed by atoms with E-state index in [0.717, 1.165) is 11.4 Å². The smallest absolute Gasteiger partial charge is 0.228 e. The number of hydrogen-bond acceptors (Lipinski definition) is 4. The van der Waals surface area contributed by atoms with Crippen molar-refractivity contribution in [3.63, 3.8) is 0 Å². The number of benzene rings is 2. The summed E-state index contributed by atoms with van der Waals surface area (Å²) in [7, 11) is 0. The monoisotopic (exact) mass is 379 g/mol. The van der Waals surface area contributed by atoms with Crippen LogP contribution in [0.2, 0.25) is 0 Å². The molecule has 1 aromatic heterocycles. The van der Waals surface area contributed by atoms with Gasteiger partial charge in [-0.1, -0.05) is 36.4 Å². The van der Waals surface area contributed by atoms with Crippen molar-refractivity contribution >= 4 is 17.4 Å². The number of carbonyl (C=O) groups excluding carboxylic acids is 1. The number of anilines is 2. The predicted molar refractivity (Wildman–Crippen MR) is 108 cm³/mol. The molecule has 0 spiro atoms. The Morgan fingerprint density at radius 1 is 1.00 bits per heavy atom. The lowest BCUT2D eigenvalue weighted by atomic mass is 10.1. The maximum Gasteiger partial charge on any atom is 0.228 e. The lowest BCUT2D eigenvalue weighted by Gasteiger charge is -2.09. The standard InChI is InChI=1S/C22H22FN3O2/c23-20-9-5-4-6-17(20)12-14-24-18-10-11-21(25-16-18)26-22(27)13-15-28-19-7-2-1-3-8-19/h1-11,16,24H,12-15H2,(H,25,26,27). The van der Waals surface area contributed by atoms with E-state index in [9.17, 15) is 9.18 Å². The van der Waals surface area contributed by atoms with Gasteiger partial charge in [0.05, 0.1) is 24.9 Å². The number of pyridine rings is 1. The van der Waals surface area contributed by atoms with Gasteiger partial charge < -0.3 is 15.4 Å². The Morgan fingerprint density at radius 3 is 2.54 bits per heavy atom. The molecule has 0 saturated heterocycles. The van der Waals surface area contributed by atoms with E-state index >= 15 is 0 Å². The first-order valence-electron chi connectivity index (χ1n) is 9.12. The van der Waals surface area contributed by atoms with Gasteiger partial charge in [-0.2, -0.15) is 0 Å². The number of halogens is 1. The zero-order valence-electron chi connectivity index (χ0n) is 15.4. The summed E-state index contributed by atoms with van der Waals surface area (Å²) in [6, 6.07) is 19.6. The van der Waals surface area contributed by atoms with Crippen molar-refractivity contribution in [3.8, 4) is 5.75 Å². The Balaban J connectivity index is 1.38. The summed E-state index contributed by atoms with van der Waals surface area (Å²) in [6.45, 7) is 0.886. The molecular weight excluding hydrogens is 357 g/mol. The number of aromatic nitrogens is 1. The van der Waals surface area contributed by atoms with Crippen molar-refractivity contribution in [1.82, 2.24) is 4.98 Å². The summed E-state index contributed by atoms with van der Waals surface area (Å²) < 4.78 is 19.1. The first kappa shape index (κ1) is 19.4. The molecule has 1 amide bonds. The van der Waals surface area contributed by atoms with Crippen molar-refractivity contribution in [2.75, 3.05) is 23.8 Å². The Hall–Kier alpha value is -3.41. The fourth-order valence-corrected chi connectivity index (χ4v) is 2.60. The minimum absolute atomic E-state index is 0.163. The van der Waals surface area contributed by atoms with E-state index in [1.165, 1.54) is 6.07 Å². The highest BCUT2D eigenvalue weighted by Crippen LogP contribution is 2.12. The van der Waals surface area contributed by atoms with Crippen LogP contribution in [0.25, 0.3) is 0 Å². The summed E-state index contributed by atoms with van der Waals surface area (Å²) >= 11 is 0. The number of amides is 1. The molecule has 5 nitrogen and oxygen atoms in total. The Bertz CT molecular complexity index is 886. The minimum Gasteiger partial charge on any atom is -0.493 e. The van der Waals surface area contributed by atoms with Gasteiger partial charge >= 0.3 is 0 Å². The molecule has 2 N–H and O–H groups in total. The fourth-order valence-electron chi connectivity index (χ4n) is 2.60. The summed E-state index contributed by atoms with van der Waals surface area (Å²) in [4.78, 5) is 16.2. The van der Waals surface area contributed by atoms with Crippen LogP contribution >= 0.6 is 0 Å². The van der Waals surface area contributed by atoms with Crippen LogP contribution in [0, 0.1) is 5.82 Å². The highest BCUT2D eigenvalue weighted by molar-refractivity contribution is 5.89. The van der Waals surface area contributed by atoms with Gasteiger partial charge in [0.25, 0.3) is 0 Å². The average molecular weight is 379 g/mol. The molecule has 2 aromatic carbocycles. The van der Waals surface area contributed by atoms with Gasteiger partial charge in [0, 0.05) is 6.54 Å². The zero-order chi connectivity index (χ0) is 19.6. The molecule has 28 heavy (non-hydrogen) atoms. The second-order valence-electron chi connectivity index (χ2n) is 6.16. The van der Waals surface area contributed by atoms with Crippen LogP contribution in [0.1, 0.15) is 12.0 Å². The third kappa shape index (κ3) is 6.09. The van der Waals surface area contributed by atoms with Crippen molar-refractivity contribution < 1.29 is 13.9 Å². The number of hydrogen-bond donors (Lipinski definition) is 2. The lowest BCUT2D eigenvalue weighted by Crippen LogP contribution is -2.16. The van der Waals surface area contributed by atoms with E-state index in [4.69, 9.17) is 4.74 Å². The molecule has 3 aromatic rings. The molecule has 3 rings (SSSR count). The third-order valence-electron chi connectivity index (χ3n) is 4.05. The van der Waals surface area contributed by atoms with Crippen LogP contribution in [-0.2, 0) is 11.2 Å². The molecular formula is C22H22FN3O2. The molecule has 144 valence electrons. The largest absolute Gasteiger partial charge is 0.493 e. The molecule has 0 bridgehead atoms. The topological polar surface area (TPSA) is 63.2 Å². The van der Waals surface area contributed by atoms with E-state index in [2.05, 4.69) is 15.6 Å². The van der Waals surface area contributed by atoms with Crippen LogP contribution in [0.5, 0.6) is 5.75 Å². The van der Waals surface area contributed by atoms with Crippen LogP contribution in [0.3, 0.4) is 0 Å². The van der Waals surface area contributed by atoms with Crippen LogP contribution in [0.15, 0.2) is 72.9 Å². The van der Waals surface area contributed by atoms with Gasteiger partial charge in [0.2, 0.25) is 5.91 Å². The van der Waals surface area contributed by atoms with Crippen LogP contribution in [0.4, 0.5) is 15.9 Å². The molecule has 0 aliphatic carbocycles. The zero-order valence-corrected chi connectivity index (χ0v) is 15.4. The lowest BCUT2D eigenvalue weighted by molar-refractivity contribution is -0.116. The van der Waals surface area contributed by atoms with Crippen molar-refractivity contribution in [2.45, 2.75) is 12.8 Å². The molecule has 0 fully saturated rings. The highest BCUT2D eigenvalue weighted by atomic mass is 19.1. The molecule has 0 unspecified atom stereocenters. The second kappa shape index (κ2) is 10.1. The summed E-state index contributed by atoms with van der Waals surface area (Å²) in [5.41, 5.74) is 1.48. The maximum atomic E-state index is 13.6. The molecule has 0 atom stereocenters. The van der Waals surface area contributed by atoms with Gasteiger partial charge in [-0.25, -0.2) is 9.37 Å². The van der Waals surface area contributed by atoms with E-state index in [1.807, 2.05) is 42.5 Å². The third-order valence-corrected chi connectivity index (χ3v) is 4.05. The van der Waals surface area contributed by atoms with Gasteiger partial charge in [-0.05, 0) is 42.3 Å². The van der Waals surface area contributed by atoms with E-state index in [0.29, 0.717) is 31.0 Å². The molecule has 0 aliphatic rings. The fraction of sp³-hybridized carbons (Fsp3) is 0.182. The maximum absolute atomic E-state index is 13.6. The number of nitrogens with zero attached hydrogens (tertiary/aromatic N) is 1. The number of ether oxygens (including phenoxy) is 1. The molecule has 0 saturated carbocycles. The number of nitrogens with one attached hydrogen (secondary N) is 2. The Labute approximate surface area is 163 Å². The summed E-state index contributed by atoms with van der Waals surface area (Å²) in [6.07, 6.45) is 2.45. The Morgan fingerprint density at radius 2 is 1.79 bits per heavy atom. The quantitative estimate of drug-likeness (QED) is 0.582. The Kier molecular flexibility index (Phi) is 6.95. The first-order chi connectivity index (χ1) is 13.7. The summed E-state index contributed by atoms with van der Waals surface area (Å²) in [5, 5.41) is 5.93. The normalized spacial score (nSPS) is 10.3. The van der Waals surface area contributed by atoms with E-state index in [-0.39, 0.29) is 18.1 Å². The van der Waals surface area contributed by atoms with Crippen molar-refractivity contribution in [3.05, 3.63) is 84.3 Å². The number of carbonyl (C=O) groups is 1. The SMILES string of the molecule is O=C(CCOc1ccccc1)Nc1ccc(NCCc2ccccc2F)cn1. The van der Waals surface area contributed by atoms with Crippen LogP contribution in [-0.4, -0.2) is 24.0 Å². The van der Waals surface area contributed by atoms with Crippen molar-refractivity contribution in [2.24, 2.45) is 0 Å². The molecule has 0 aliphatic heterocycles. The van der Waals surface area contributed by atoms with Gasteiger partial charge in [-0.3, -0.25) is 4.79 Å². The van der Waals surface area contributed by atoms with Gasteiger partial charge in [0.15, 0.2) is 0 Å². The minimum atomic E-state index is -0.197. The van der Waals surface area contributed by atoms with E-state index < -0.39 is 0 Å². The van der Waals surface area contributed by atoms with Crippen molar-refractivity contribution in [1.29, 1.82) is 0 Å². The second-order valence-corrected chi connectivity index (χ2v) is 6.16. The highest BCUT2D eigenvalue weighted by Gasteiger charge is 2.05. The predicted octanol–water partition coefficient (Wildman–Crippen LogP) is 4.28. The van der Waals surface area contributed by atoms with Crippen LogP contribution < -0.4 is 15.4 Å². The van der Waals surface area contributed by atoms with Gasteiger partial charge in [-0.15, -0.1) is 0 Å². The summed E-state index contributed by atoms with van der Waals surface area (Å²) in [5.74, 6) is 0.851. The molecule has 1 heterocycles. The average Bonchev–Trinajstić information content (AvgIpc) is 2.71.